The SMILES string of the molecule is NCC1(CC(=O)O)[C@@H]2CCC3CC[C@H]1C2[C@H]3F. The normalized spacial score (nSPS) is 51.8. The van der Waals surface area contributed by atoms with Crippen molar-refractivity contribution in [2.24, 2.45) is 34.8 Å². The fourth-order valence-corrected chi connectivity index (χ4v) is 5.09. The number of hydrogen-bond donors (Lipinski definition) is 2. The van der Waals surface area contributed by atoms with Crippen LogP contribution in [0.15, 0.2) is 0 Å². The van der Waals surface area contributed by atoms with Crippen LogP contribution in [0.5, 0.6) is 0 Å². The van der Waals surface area contributed by atoms with E-state index >= 15 is 0 Å². The summed E-state index contributed by atoms with van der Waals surface area (Å²) in [5.74, 6) is 0.0239. The molecule has 0 heterocycles. The maximum absolute atomic E-state index is 14.2. The number of nitrogens with two attached hydrogens (primary N) is 1. The topological polar surface area (TPSA) is 63.3 Å². The Hall–Kier alpha value is -0.640. The van der Waals surface area contributed by atoms with Crippen LogP contribution in [-0.2, 0) is 4.79 Å². The Labute approximate surface area is 101 Å². The summed E-state index contributed by atoms with van der Waals surface area (Å²) in [5.41, 5.74) is 5.57. The molecule has 6 atom stereocenters. The molecule has 0 aliphatic heterocycles. The van der Waals surface area contributed by atoms with E-state index in [0.717, 1.165) is 25.7 Å². The fourth-order valence-electron chi connectivity index (χ4n) is 5.09. The van der Waals surface area contributed by atoms with Crippen molar-refractivity contribution in [3.8, 4) is 0 Å². The van der Waals surface area contributed by atoms with Gasteiger partial charge in [0.15, 0.2) is 0 Å². The van der Waals surface area contributed by atoms with Gasteiger partial charge in [-0.3, -0.25) is 4.79 Å². The second-order valence-electron chi connectivity index (χ2n) is 6.16. The van der Waals surface area contributed by atoms with Crippen molar-refractivity contribution in [3.05, 3.63) is 0 Å². The molecule has 0 aromatic rings. The zero-order valence-corrected chi connectivity index (χ0v) is 9.94. The molecule has 0 aromatic heterocycles. The highest BCUT2D eigenvalue weighted by Gasteiger charge is 2.67. The maximum atomic E-state index is 14.2. The van der Waals surface area contributed by atoms with Crippen molar-refractivity contribution in [1.82, 2.24) is 0 Å². The Kier molecular flexibility index (Phi) is 2.47. The van der Waals surface area contributed by atoms with Gasteiger partial charge in [0.05, 0.1) is 6.42 Å². The summed E-state index contributed by atoms with van der Waals surface area (Å²) < 4.78 is 14.2. The van der Waals surface area contributed by atoms with Crippen molar-refractivity contribution in [1.29, 1.82) is 0 Å². The van der Waals surface area contributed by atoms with Gasteiger partial charge in [-0.15, -0.1) is 0 Å². The van der Waals surface area contributed by atoms with Crippen LogP contribution in [0.2, 0.25) is 0 Å². The number of fused-ring (bicyclic) bond motifs is 1. The Bertz CT molecular complexity index is 330. The smallest absolute Gasteiger partial charge is 0.303 e. The summed E-state index contributed by atoms with van der Waals surface area (Å²) in [6.07, 6.45) is 3.26. The minimum atomic E-state index is -0.781. The molecule has 3 aliphatic rings. The van der Waals surface area contributed by atoms with E-state index in [1.54, 1.807) is 0 Å². The Balaban J connectivity index is 1.90. The summed E-state index contributed by atoms with van der Waals surface area (Å²) in [4.78, 5) is 11.0. The van der Waals surface area contributed by atoms with Gasteiger partial charge >= 0.3 is 5.97 Å². The summed E-state index contributed by atoms with van der Waals surface area (Å²) in [7, 11) is 0. The summed E-state index contributed by atoms with van der Waals surface area (Å²) in [6, 6.07) is 0. The number of carboxylic acid groups (broad SMARTS) is 1. The summed E-state index contributed by atoms with van der Waals surface area (Å²) in [5, 5.41) is 9.08. The zero-order valence-electron chi connectivity index (χ0n) is 9.94. The number of hydrogen-bond acceptors (Lipinski definition) is 2. The second-order valence-corrected chi connectivity index (χ2v) is 6.16. The van der Waals surface area contributed by atoms with Crippen LogP contribution < -0.4 is 5.73 Å². The lowest BCUT2D eigenvalue weighted by molar-refractivity contribution is -0.217. The number of alkyl halides is 1. The maximum Gasteiger partial charge on any atom is 0.303 e. The average Bonchev–Trinajstić information content (AvgIpc) is 2.23. The van der Waals surface area contributed by atoms with Crippen molar-refractivity contribution < 1.29 is 14.3 Å². The lowest BCUT2D eigenvalue weighted by Gasteiger charge is -2.67. The van der Waals surface area contributed by atoms with Gasteiger partial charge in [-0.1, -0.05) is 0 Å². The van der Waals surface area contributed by atoms with Gasteiger partial charge in [0.25, 0.3) is 0 Å². The quantitative estimate of drug-likeness (QED) is 0.792. The number of carboxylic acids is 1. The Morgan fingerprint density at radius 3 is 2.35 bits per heavy atom. The molecule has 3 fully saturated rings. The molecule has 0 aromatic carbocycles. The molecule has 3 rings (SSSR count). The highest BCUT2D eigenvalue weighted by atomic mass is 19.1. The van der Waals surface area contributed by atoms with E-state index in [-0.39, 0.29) is 35.5 Å². The van der Waals surface area contributed by atoms with E-state index in [2.05, 4.69) is 0 Å². The van der Waals surface area contributed by atoms with Gasteiger partial charge in [-0.2, -0.15) is 0 Å². The van der Waals surface area contributed by atoms with Gasteiger partial charge in [-0.25, -0.2) is 4.39 Å². The predicted octanol–water partition coefficient (Wildman–Crippen LogP) is 1.81. The molecule has 17 heavy (non-hydrogen) atoms. The van der Waals surface area contributed by atoms with E-state index < -0.39 is 12.1 Å². The Morgan fingerprint density at radius 2 is 1.88 bits per heavy atom. The van der Waals surface area contributed by atoms with Crippen LogP contribution in [0.4, 0.5) is 4.39 Å². The van der Waals surface area contributed by atoms with Crippen LogP contribution in [0.1, 0.15) is 32.1 Å². The van der Waals surface area contributed by atoms with Gasteiger partial charge in [0.2, 0.25) is 0 Å². The lowest BCUT2D eigenvalue weighted by Crippen LogP contribution is -2.68. The molecule has 3 N–H and O–H groups in total. The van der Waals surface area contributed by atoms with Crippen LogP contribution in [0, 0.1) is 29.1 Å². The van der Waals surface area contributed by atoms with Crippen molar-refractivity contribution in [3.63, 3.8) is 0 Å². The van der Waals surface area contributed by atoms with Crippen LogP contribution in [0.3, 0.4) is 0 Å². The number of halogens is 1. The minimum Gasteiger partial charge on any atom is -0.481 e. The molecule has 3 unspecified atom stereocenters. The van der Waals surface area contributed by atoms with Crippen molar-refractivity contribution in [2.45, 2.75) is 38.3 Å². The molecule has 0 radical (unpaired) electrons. The first-order chi connectivity index (χ1) is 8.10. The van der Waals surface area contributed by atoms with Gasteiger partial charge in [-0.05, 0) is 61.3 Å². The molecular formula is C13H20FNO2. The molecule has 96 valence electrons. The standard InChI is InChI=1S/C13H20FNO2/c14-12-7-1-3-8-11(12)9(4-2-7)13(8,6-15)5-10(16)17/h7-9,11-12H,1-6,15H2,(H,16,17)/t7?,8-,9+,11?,12-,13?/m0/s1. The van der Waals surface area contributed by atoms with Crippen LogP contribution in [0.25, 0.3) is 0 Å². The third-order valence-electron chi connectivity index (χ3n) is 5.78. The average molecular weight is 241 g/mol. The number of carbonyl (C=O) groups is 1. The summed E-state index contributed by atoms with van der Waals surface area (Å²) in [6.45, 7) is 0.405. The first-order valence-electron chi connectivity index (χ1n) is 6.66. The van der Waals surface area contributed by atoms with E-state index in [9.17, 15) is 9.18 Å². The third kappa shape index (κ3) is 1.33. The molecule has 3 aliphatic carbocycles. The monoisotopic (exact) mass is 241 g/mol. The van der Waals surface area contributed by atoms with Crippen LogP contribution in [-0.4, -0.2) is 23.8 Å². The molecule has 3 nitrogen and oxygen atoms in total. The lowest BCUT2D eigenvalue weighted by atomic mass is 9.37. The minimum absolute atomic E-state index is 0.116. The molecular weight excluding hydrogens is 221 g/mol. The molecule has 0 saturated heterocycles. The van der Waals surface area contributed by atoms with Crippen molar-refractivity contribution in [2.75, 3.05) is 6.54 Å². The molecule has 2 bridgehead atoms. The molecule has 4 heteroatoms. The van der Waals surface area contributed by atoms with Gasteiger partial charge in [0, 0.05) is 0 Å². The van der Waals surface area contributed by atoms with Crippen LogP contribution >= 0.6 is 0 Å². The molecule has 0 spiro atoms. The van der Waals surface area contributed by atoms with E-state index in [1.807, 2.05) is 0 Å². The highest BCUT2D eigenvalue weighted by Crippen LogP contribution is 2.68. The highest BCUT2D eigenvalue weighted by molar-refractivity contribution is 5.68. The van der Waals surface area contributed by atoms with E-state index in [0.29, 0.717) is 6.54 Å². The Morgan fingerprint density at radius 1 is 1.29 bits per heavy atom. The molecule has 0 amide bonds. The number of aliphatic carboxylic acids is 1. The zero-order chi connectivity index (χ0) is 12.2. The fraction of sp³-hybridized carbons (Fsp3) is 0.923. The van der Waals surface area contributed by atoms with Gasteiger partial charge in [0.1, 0.15) is 6.17 Å². The van der Waals surface area contributed by atoms with E-state index in [4.69, 9.17) is 10.8 Å². The summed E-state index contributed by atoms with van der Waals surface area (Å²) >= 11 is 0. The predicted molar refractivity (Wildman–Crippen MR) is 61.1 cm³/mol. The first-order valence-corrected chi connectivity index (χ1v) is 6.66. The number of rotatable bonds is 3. The molecule has 3 saturated carbocycles. The van der Waals surface area contributed by atoms with E-state index in [1.165, 1.54) is 0 Å². The second kappa shape index (κ2) is 3.67. The third-order valence-corrected chi connectivity index (χ3v) is 5.78. The van der Waals surface area contributed by atoms with Crippen molar-refractivity contribution >= 4 is 5.97 Å². The first kappa shape index (κ1) is 11.5. The van der Waals surface area contributed by atoms with Gasteiger partial charge < -0.3 is 10.8 Å². The largest absolute Gasteiger partial charge is 0.481 e.